The van der Waals surface area contributed by atoms with Crippen molar-refractivity contribution in [3.63, 3.8) is 0 Å². The number of halogens is 2. The third-order valence-corrected chi connectivity index (χ3v) is 3.20. The summed E-state index contributed by atoms with van der Waals surface area (Å²) in [6.45, 7) is 3.07. The Kier molecular flexibility index (Phi) is 5.62. The molecule has 1 aliphatic heterocycles. The Morgan fingerprint density at radius 1 is 1.53 bits per heavy atom. The van der Waals surface area contributed by atoms with Crippen LogP contribution < -0.4 is 5.73 Å². The second kappa shape index (κ2) is 6.57. The van der Waals surface area contributed by atoms with E-state index < -0.39 is 5.54 Å². The highest BCUT2D eigenvalue weighted by atomic mass is 35.5. The van der Waals surface area contributed by atoms with Crippen molar-refractivity contribution in [3.05, 3.63) is 34.3 Å². The van der Waals surface area contributed by atoms with E-state index in [1.54, 1.807) is 19.1 Å². The second-order valence-corrected chi connectivity index (χ2v) is 4.87. The van der Waals surface area contributed by atoms with E-state index in [2.05, 4.69) is 0 Å². The van der Waals surface area contributed by atoms with Crippen LogP contribution in [0.25, 0.3) is 0 Å². The quantitative estimate of drug-likeness (QED) is 0.865. The Hall–Kier alpha value is -0.810. The molecule has 106 valence electrons. The zero-order chi connectivity index (χ0) is 13.2. The molecule has 1 aromatic carbocycles. The third-order valence-electron chi connectivity index (χ3n) is 2.96. The summed E-state index contributed by atoms with van der Waals surface area (Å²) in [4.78, 5) is 11.6. The van der Waals surface area contributed by atoms with Gasteiger partial charge in [0.2, 0.25) is 0 Å². The van der Waals surface area contributed by atoms with Crippen LogP contribution in [0.3, 0.4) is 0 Å². The Morgan fingerprint density at radius 3 is 2.74 bits per heavy atom. The van der Waals surface area contributed by atoms with Gasteiger partial charge in [-0.2, -0.15) is 0 Å². The molecule has 0 amide bonds. The van der Waals surface area contributed by atoms with Crippen molar-refractivity contribution in [1.82, 2.24) is 0 Å². The molecule has 0 atom stereocenters. The average molecular weight is 306 g/mol. The summed E-state index contributed by atoms with van der Waals surface area (Å²) in [7, 11) is 0. The summed E-state index contributed by atoms with van der Waals surface area (Å²) in [5, 5.41) is 0.585. The van der Waals surface area contributed by atoms with Gasteiger partial charge < -0.3 is 15.2 Å². The van der Waals surface area contributed by atoms with Crippen LogP contribution in [0.2, 0.25) is 5.02 Å². The zero-order valence-electron chi connectivity index (χ0n) is 10.6. The molecule has 1 aromatic rings. The smallest absolute Gasteiger partial charge is 0.310 e. The van der Waals surface area contributed by atoms with Crippen LogP contribution in [0.5, 0.6) is 0 Å². The van der Waals surface area contributed by atoms with Gasteiger partial charge in [-0.1, -0.05) is 17.7 Å². The van der Waals surface area contributed by atoms with Gasteiger partial charge in [0.15, 0.2) is 0 Å². The molecule has 0 spiro atoms. The molecule has 0 aromatic heterocycles. The first kappa shape index (κ1) is 16.2. The molecule has 0 unspecified atom stereocenters. The Morgan fingerprint density at radius 2 is 2.21 bits per heavy atom. The van der Waals surface area contributed by atoms with Crippen LogP contribution in [0.15, 0.2) is 18.2 Å². The molecule has 1 heterocycles. The Balaban J connectivity index is 0.00000180. The lowest BCUT2D eigenvalue weighted by Gasteiger charge is -2.39. The zero-order valence-corrected chi connectivity index (χ0v) is 12.2. The molecule has 2 N–H and O–H groups in total. The van der Waals surface area contributed by atoms with Crippen molar-refractivity contribution in [2.24, 2.45) is 5.73 Å². The van der Waals surface area contributed by atoms with Crippen LogP contribution in [0.4, 0.5) is 0 Å². The summed E-state index contributed by atoms with van der Waals surface area (Å²) in [6, 6.07) is 5.40. The monoisotopic (exact) mass is 305 g/mol. The molecule has 1 saturated heterocycles. The predicted octanol–water partition coefficient (Wildman–Crippen LogP) is 2.05. The topological polar surface area (TPSA) is 61.5 Å². The van der Waals surface area contributed by atoms with Crippen molar-refractivity contribution in [2.45, 2.75) is 18.9 Å². The SMILES string of the molecule is CCOC(=O)Cc1cc(Cl)ccc1C1(N)COC1.Cl. The fraction of sp³-hybridized carbons (Fsp3) is 0.462. The van der Waals surface area contributed by atoms with Gasteiger partial charge in [-0.15, -0.1) is 12.4 Å². The van der Waals surface area contributed by atoms with Gasteiger partial charge in [-0.3, -0.25) is 4.79 Å². The van der Waals surface area contributed by atoms with E-state index in [1.807, 2.05) is 6.07 Å². The minimum atomic E-state index is -0.508. The van der Waals surface area contributed by atoms with Gasteiger partial charge >= 0.3 is 5.97 Å². The van der Waals surface area contributed by atoms with Gasteiger partial charge in [0.05, 0.1) is 31.8 Å². The van der Waals surface area contributed by atoms with E-state index in [9.17, 15) is 4.79 Å². The highest BCUT2D eigenvalue weighted by molar-refractivity contribution is 6.30. The molecular weight excluding hydrogens is 289 g/mol. The first-order valence-electron chi connectivity index (χ1n) is 5.86. The van der Waals surface area contributed by atoms with Crippen molar-refractivity contribution < 1.29 is 14.3 Å². The Labute approximate surface area is 123 Å². The Bertz CT molecular complexity index is 461. The molecule has 1 aliphatic rings. The summed E-state index contributed by atoms with van der Waals surface area (Å²) in [5.41, 5.74) is 7.42. The van der Waals surface area contributed by atoms with Crippen LogP contribution in [0, 0.1) is 0 Å². The number of carbonyl (C=O) groups excluding carboxylic acids is 1. The lowest BCUT2D eigenvalue weighted by Crippen LogP contribution is -2.54. The van der Waals surface area contributed by atoms with E-state index in [-0.39, 0.29) is 24.8 Å². The summed E-state index contributed by atoms with van der Waals surface area (Å²) < 4.78 is 10.1. The van der Waals surface area contributed by atoms with Crippen molar-refractivity contribution >= 4 is 30.0 Å². The largest absolute Gasteiger partial charge is 0.466 e. The molecular formula is C13H17Cl2NO3. The van der Waals surface area contributed by atoms with Crippen molar-refractivity contribution in [1.29, 1.82) is 0 Å². The number of hydrogen-bond donors (Lipinski definition) is 1. The molecule has 0 radical (unpaired) electrons. The molecule has 4 nitrogen and oxygen atoms in total. The number of ether oxygens (including phenoxy) is 2. The lowest BCUT2D eigenvalue weighted by atomic mass is 9.85. The van der Waals surface area contributed by atoms with E-state index in [0.717, 1.165) is 11.1 Å². The first-order chi connectivity index (χ1) is 8.55. The van der Waals surface area contributed by atoms with E-state index in [0.29, 0.717) is 24.8 Å². The minimum absolute atomic E-state index is 0. The number of nitrogens with two attached hydrogens (primary N) is 1. The van der Waals surface area contributed by atoms with Crippen LogP contribution in [-0.4, -0.2) is 25.8 Å². The lowest BCUT2D eigenvalue weighted by molar-refractivity contribution is -0.142. The van der Waals surface area contributed by atoms with Crippen LogP contribution in [-0.2, 0) is 26.2 Å². The van der Waals surface area contributed by atoms with Gasteiger partial charge in [0.1, 0.15) is 0 Å². The molecule has 2 rings (SSSR count). The maximum absolute atomic E-state index is 11.6. The predicted molar refractivity (Wildman–Crippen MR) is 75.7 cm³/mol. The summed E-state index contributed by atoms with van der Waals surface area (Å²) in [5.74, 6) is -0.273. The molecule has 1 fully saturated rings. The third kappa shape index (κ3) is 3.60. The maximum Gasteiger partial charge on any atom is 0.310 e. The average Bonchev–Trinajstić information content (AvgIpc) is 2.26. The van der Waals surface area contributed by atoms with Gasteiger partial charge in [-0.25, -0.2) is 0 Å². The number of benzene rings is 1. The fourth-order valence-corrected chi connectivity index (χ4v) is 2.23. The van der Waals surface area contributed by atoms with E-state index in [1.165, 1.54) is 0 Å². The van der Waals surface area contributed by atoms with Crippen molar-refractivity contribution in [3.8, 4) is 0 Å². The maximum atomic E-state index is 11.6. The minimum Gasteiger partial charge on any atom is -0.466 e. The highest BCUT2D eigenvalue weighted by Crippen LogP contribution is 2.31. The van der Waals surface area contributed by atoms with Crippen molar-refractivity contribution in [2.75, 3.05) is 19.8 Å². The standard InChI is InChI=1S/C13H16ClNO3.ClH/c1-2-18-12(16)6-9-5-10(14)3-4-11(9)13(15)7-17-8-13;/h3-5H,2,6-8,15H2,1H3;1H. The first-order valence-corrected chi connectivity index (χ1v) is 6.24. The molecule has 6 heteroatoms. The van der Waals surface area contributed by atoms with E-state index >= 15 is 0 Å². The number of rotatable bonds is 4. The van der Waals surface area contributed by atoms with Gasteiger partial charge in [0, 0.05) is 5.02 Å². The van der Waals surface area contributed by atoms with Crippen LogP contribution in [0.1, 0.15) is 18.1 Å². The number of carbonyl (C=O) groups is 1. The molecule has 0 bridgehead atoms. The summed E-state index contributed by atoms with van der Waals surface area (Å²) in [6.07, 6.45) is 0.183. The summed E-state index contributed by atoms with van der Waals surface area (Å²) >= 11 is 5.96. The molecule has 0 aliphatic carbocycles. The highest BCUT2D eigenvalue weighted by Gasteiger charge is 2.38. The van der Waals surface area contributed by atoms with E-state index in [4.69, 9.17) is 26.8 Å². The second-order valence-electron chi connectivity index (χ2n) is 4.43. The number of esters is 1. The molecule has 19 heavy (non-hydrogen) atoms. The molecule has 0 saturated carbocycles. The van der Waals surface area contributed by atoms with Gasteiger partial charge in [0.25, 0.3) is 0 Å². The normalized spacial score (nSPS) is 16.2. The van der Waals surface area contributed by atoms with Gasteiger partial charge in [-0.05, 0) is 30.2 Å². The fourth-order valence-electron chi connectivity index (χ4n) is 2.04. The number of hydrogen-bond acceptors (Lipinski definition) is 4. The van der Waals surface area contributed by atoms with Crippen LogP contribution >= 0.6 is 24.0 Å².